The number of rotatable bonds is 2. The van der Waals surface area contributed by atoms with E-state index in [4.69, 9.17) is 18.6 Å². The van der Waals surface area contributed by atoms with Crippen LogP contribution in [-0.2, 0) is 18.6 Å². The number of aliphatic hydroxyl groups excluding tert-OH is 1. The summed E-state index contributed by atoms with van der Waals surface area (Å²) >= 11 is 0. The third-order valence-corrected chi connectivity index (χ3v) is 6.88. The molecular formula is C17H32B2O5. The summed E-state index contributed by atoms with van der Waals surface area (Å²) < 4.78 is 25.0. The van der Waals surface area contributed by atoms with Crippen molar-refractivity contribution in [3.05, 3.63) is 0 Å². The topological polar surface area (TPSA) is 57.2 Å². The van der Waals surface area contributed by atoms with Crippen molar-refractivity contribution in [1.29, 1.82) is 0 Å². The largest absolute Gasteiger partial charge is 0.461 e. The highest BCUT2D eigenvalue weighted by molar-refractivity contribution is 6.55. The van der Waals surface area contributed by atoms with Crippen molar-refractivity contribution in [2.75, 3.05) is 0 Å². The lowest BCUT2D eigenvalue weighted by atomic mass is 9.54. The predicted molar refractivity (Wildman–Crippen MR) is 94.9 cm³/mol. The van der Waals surface area contributed by atoms with E-state index in [1.54, 1.807) is 0 Å². The second kappa shape index (κ2) is 5.46. The van der Waals surface area contributed by atoms with Crippen LogP contribution >= 0.6 is 0 Å². The third-order valence-electron chi connectivity index (χ3n) is 6.88. The summed E-state index contributed by atoms with van der Waals surface area (Å²) in [5, 5.41) is 10.3. The molecule has 0 amide bonds. The summed E-state index contributed by atoms with van der Waals surface area (Å²) in [6.07, 6.45) is 0.954. The van der Waals surface area contributed by atoms with Gasteiger partial charge in [-0.3, -0.25) is 0 Å². The first kappa shape index (κ1) is 18.7. The fraction of sp³-hybridized carbons (Fsp3) is 1.00. The smallest absolute Gasteiger partial charge is 0.403 e. The summed E-state index contributed by atoms with van der Waals surface area (Å²) in [6.45, 7) is 16.5. The van der Waals surface area contributed by atoms with Gasteiger partial charge in [-0.2, -0.15) is 0 Å². The third kappa shape index (κ3) is 2.86. The lowest BCUT2D eigenvalue weighted by Crippen LogP contribution is -2.41. The maximum absolute atomic E-state index is 10.3. The van der Waals surface area contributed by atoms with Crippen LogP contribution in [0.1, 0.15) is 68.2 Å². The molecule has 0 radical (unpaired) electrons. The highest BCUT2D eigenvalue weighted by Crippen LogP contribution is 2.54. The molecule has 3 fully saturated rings. The van der Waals surface area contributed by atoms with Crippen molar-refractivity contribution in [3.63, 3.8) is 0 Å². The van der Waals surface area contributed by atoms with Crippen molar-refractivity contribution in [2.24, 2.45) is 0 Å². The Morgan fingerprint density at radius 2 is 0.875 bits per heavy atom. The molecule has 1 N–H and O–H groups in total. The summed E-state index contributed by atoms with van der Waals surface area (Å²) in [4.78, 5) is 0. The maximum Gasteiger partial charge on any atom is 0.461 e. The molecule has 3 rings (SSSR count). The molecule has 0 aromatic heterocycles. The van der Waals surface area contributed by atoms with E-state index in [2.05, 4.69) is 55.4 Å². The number of hydrogen-bond acceptors (Lipinski definition) is 5. The molecule has 7 heteroatoms. The minimum Gasteiger partial charge on any atom is -0.403 e. The Labute approximate surface area is 147 Å². The molecule has 0 aromatic rings. The van der Waals surface area contributed by atoms with E-state index in [0.29, 0.717) is 12.8 Å². The maximum atomic E-state index is 10.3. The first-order chi connectivity index (χ1) is 10.8. The van der Waals surface area contributed by atoms with Gasteiger partial charge in [0.1, 0.15) is 0 Å². The molecule has 0 spiro atoms. The molecule has 2 aliphatic heterocycles. The van der Waals surface area contributed by atoms with E-state index >= 15 is 0 Å². The molecule has 1 unspecified atom stereocenters. The van der Waals surface area contributed by atoms with Gasteiger partial charge in [0.15, 0.2) is 0 Å². The molecule has 2 heterocycles. The molecule has 0 bridgehead atoms. The van der Waals surface area contributed by atoms with Crippen molar-refractivity contribution in [2.45, 2.75) is 108 Å². The van der Waals surface area contributed by atoms with Crippen LogP contribution in [0.25, 0.3) is 0 Å². The van der Waals surface area contributed by atoms with Crippen LogP contribution in [0.2, 0.25) is 11.6 Å². The van der Waals surface area contributed by atoms with Gasteiger partial charge < -0.3 is 23.7 Å². The Bertz CT molecular complexity index is 429. The molecule has 24 heavy (non-hydrogen) atoms. The molecule has 3 aliphatic rings. The predicted octanol–water partition coefficient (Wildman–Crippen LogP) is 3.07. The fourth-order valence-corrected chi connectivity index (χ4v) is 3.83. The van der Waals surface area contributed by atoms with E-state index in [1.165, 1.54) is 0 Å². The number of hydrogen-bond donors (Lipinski definition) is 1. The molecule has 2 saturated heterocycles. The first-order valence-corrected chi connectivity index (χ1v) is 9.15. The van der Waals surface area contributed by atoms with Gasteiger partial charge in [-0.25, -0.2) is 0 Å². The fourth-order valence-electron chi connectivity index (χ4n) is 3.83. The van der Waals surface area contributed by atoms with E-state index in [0.717, 1.165) is 0 Å². The molecule has 3 atom stereocenters. The van der Waals surface area contributed by atoms with Crippen molar-refractivity contribution in [1.82, 2.24) is 0 Å². The highest BCUT2D eigenvalue weighted by atomic mass is 16.7. The van der Waals surface area contributed by atoms with Crippen molar-refractivity contribution in [3.8, 4) is 0 Å². The van der Waals surface area contributed by atoms with E-state index < -0.39 is 0 Å². The van der Waals surface area contributed by atoms with Crippen LogP contribution in [0.5, 0.6) is 0 Å². The molecule has 1 aliphatic carbocycles. The Morgan fingerprint density at radius 3 is 1.12 bits per heavy atom. The van der Waals surface area contributed by atoms with Gasteiger partial charge >= 0.3 is 14.2 Å². The Morgan fingerprint density at radius 1 is 0.625 bits per heavy atom. The van der Waals surface area contributed by atoms with Crippen LogP contribution in [0, 0.1) is 0 Å². The minimum absolute atomic E-state index is 0.0655. The van der Waals surface area contributed by atoms with E-state index in [1.807, 2.05) is 0 Å². The standard InChI is InChI=1S/C17H32B2O5/c1-14(2)15(3,4)22-18(21-14)12-9-11(20)10-13(12)19-23-16(5,6)17(7,8)24-19/h11-13,20H,9-10H2,1-8H3/t11?,12-,13+. The zero-order valence-corrected chi connectivity index (χ0v) is 16.4. The Kier molecular flexibility index (Phi) is 4.26. The van der Waals surface area contributed by atoms with Crippen molar-refractivity contribution >= 4 is 14.2 Å². The SMILES string of the molecule is CC1(C)OB([C@H]2CC(O)C[C@H]2B2OC(C)(C)C(C)(C)O2)OC1(C)C. The van der Waals surface area contributed by atoms with E-state index in [-0.39, 0.29) is 54.4 Å². The normalized spacial score (nSPS) is 39.6. The first-order valence-electron chi connectivity index (χ1n) is 9.15. The summed E-state index contributed by atoms with van der Waals surface area (Å²) in [5.74, 6) is 0.131. The molecular weight excluding hydrogens is 306 g/mol. The molecule has 5 nitrogen and oxygen atoms in total. The van der Waals surface area contributed by atoms with Gasteiger partial charge in [0.25, 0.3) is 0 Å². The highest BCUT2D eigenvalue weighted by Gasteiger charge is 2.62. The lowest BCUT2D eigenvalue weighted by Gasteiger charge is -2.32. The Hall–Kier alpha value is -0.0701. The summed E-state index contributed by atoms with van der Waals surface area (Å²) in [7, 11) is -0.674. The van der Waals surface area contributed by atoms with E-state index in [9.17, 15) is 5.11 Å². The summed E-state index contributed by atoms with van der Waals surface area (Å²) in [5.41, 5.74) is -1.48. The summed E-state index contributed by atoms with van der Waals surface area (Å²) in [6, 6.07) is 0. The average Bonchev–Trinajstić information content (AvgIpc) is 2.93. The van der Waals surface area contributed by atoms with Crippen molar-refractivity contribution < 1.29 is 23.7 Å². The zero-order chi connectivity index (χ0) is 18.1. The van der Waals surface area contributed by atoms with Gasteiger partial charge in [0.05, 0.1) is 28.5 Å². The van der Waals surface area contributed by atoms with Gasteiger partial charge in [-0.1, -0.05) is 0 Å². The van der Waals surface area contributed by atoms with Gasteiger partial charge in [0, 0.05) is 0 Å². The molecule has 136 valence electrons. The van der Waals surface area contributed by atoms with Crippen LogP contribution in [0.4, 0.5) is 0 Å². The van der Waals surface area contributed by atoms with Crippen LogP contribution in [0.15, 0.2) is 0 Å². The second-order valence-electron chi connectivity index (χ2n) is 9.70. The van der Waals surface area contributed by atoms with Gasteiger partial charge in [-0.05, 0) is 79.9 Å². The lowest BCUT2D eigenvalue weighted by molar-refractivity contribution is 0.00578. The molecule has 0 aromatic carbocycles. The van der Waals surface area contributed by atoms with Gasteiger partial charge in [0.2, 0.25) is 0 Å². The monoisotopic (exact) mass is 338 g/mol. The second-order valence-corrected chi connectivity index (χ2v) is 9.70. The average molecular weight is 338 g/mol. The van der Waals surface area contributed by atoms with Gasteiger partial charge in [-0.15, -0.1) is 0 Å². The van der Waals surface area contributed by atoms with Crippen LogP contribution in [0.3, 0.4) is 0 Å². The van der Waals surface area contributed by atoms with Crippen LogP contribution < -0.4 is 0 Å². The Balaban J connectivity index is 1.79. The zero-order valence-electron chi connectivity index (χ0n) is 16.4. The minimum atomic E-state index is -0.369. The number of aliphatic hydroxyl groups is 1. The quantitative estimate of drug-likeness (QED) is 0.785. The molecule has 1 saturated carbocycles. The van der Waals surface area contributed by atoms with Crippen LogP contribution in [-0.4, -0.2) is 47.9 Å².